The lowest BCUT2D eigenvalue weighted by molar-refractivity contribution is -0.138. The third-order valence-electron chi connectivity index (χ3n) is 5.41. The van der Waals surface area contributed by atoms with E-state index >= 15 is 0 Å². The first-order valence-corrected chi connectivity index (χ1v) is 11.8. The maximum Gasteiger partial charge on any atom is 0.416 e. The van der Waals surface area contributed by atoms with Crippen LogP contribution in [0.1, 0.15) is 32.2 Å². The highest BCUT2D eigenvalue weighted by atomic mass is 32.1. The van der Waals surface area contributed by atoms with Crippen molar-refractivity contribution < 1.29 is 22.7 Å². The summed E-state index contributed by atoms with van der Waals surface area (Å²) in [5, 5.41) is 5.71. The first kappa shape index (κ1) is 24.5. The molecule has 0 unspecified atom stereocenters. The van der Waals surface area contributed by atoms with Crippen molar-refractivity contribution in [2.75, 3.05) is 11.9 Å². The monoisotopic (exact) mass is 496 g/mol. The van der Waals surface area contributed by atoms with Gasteiger partial charge < -0.3 is 10.1 Å². The molecule has 1 amide bonds. The van der Waals surface area contributed by atoms with Crippen LogP contribution in [0.15, 0.2) is 72.1 Å². The van der Waals surface area contributed by atoms with E-state index in [4.69, 9.17) is 4.74 Å². The van der Waals surface area contributed by atoms with Crippen molar-refractivity contribution in [2.24, 2.45) is 0 Å². The Hall–Kier alpha value is -3.65. The van der Waals surface area contributed by atoms with Crippen LogP contribution in [0.2, 0.25) is 0 Å². The van der Waals surface area contributed by atoms with Crippen molar-refractivity contribution in [3.8, 4) is 16.9 Å². The number of carbonyl (C=O) groups is 1. The number of rotatable bonds is 7. The van der Waals surface area contributed by atoms with Gasteiger partial charge in [-0.2, -0.15) is 13.2 Å². The van der Waals surface area contributed by atoms with E-state index in [1.54, 1.807) is 59.9 Å². The minimum atomic E-state index is -4.56. The second-order valence-electron chi connectivity index (χ2n) is 8.01. The predicted molar refractivity (Wildman–Crippen MR) is 132 cm³/mol. The van der Waals surface area contributed by atoms with E-state index < -0.39 is 17.6 Å². The molecule has 0 fully saturated rings. The summed E-state index contributed by atoms with van der Waals surface area (Å²) >= 11 is 1.59. The van der Waals surface area contributed by atoms with Gasteiger partial charge in [0, 0.05) is 23.1 Å². The molecule has 3 aromatic carbocycles. The SMILES string of the molecule is Cc1nc(CCOc2ccc(NC(=O)c3cc(C(F)(F)F)c(C)cc3-c3ccccc3)cc2)cs1. The highest BCUT2D eigenvalue weighted by Crippen LogP contribution is 2.36. The summed E-state index contributed by atoms with van der Waals surface area (Å²) < 4.78 is 46.4. The molecule has 4 aromatic rings. The smallest absolute Gasteiger partial charge is 0.416 e. The Morgan fingerprint density at radius 2 is 1.74 bits per heavy atom. The molecular formula is C27H23F3N2O2S. The number of nitrogens with one attached hydrogen (secondary N) is 1. The molecule has 4 rings (SSSR count). The average Bonchev–Trinajstić information content (AvgIpc) is 3.24. The van der Waals surface area contributed by atoms with Gasteiger partial charge >= 0.3 is 6.18 Å². The quantitative estimate of drug-likeness (QED) is 0.292. The number of amides is 1. The summed E-state index contributed by atoms with van der Waals surface area (Å²) in [4.78, 5) is 17.5. The molecule has 8 heteroatoms. The van der Waals surface area contributed by atoms with Crippen molar-refractivity contribution in [3.63, 3.8) is 0 Å². The molecule has 1 N–H and O–H groups in total. The van der Waals surface area contributed by atoms with E-state index in [1.807, 2.05) is 18.4 Å². The van der Waals surface area contributed by atoms with Crippen molar-refractivity contribution in [1.29, 1.82) is 0 Å². The van der Waals surface area contributed by atoms with Gasteiger partial charge in [-0.05, 0) is 60.9 Å². The molecule has 0 spiro atoms. The first-order valence-electron chi connectivity index (χ1n) is 10.9. The number of halogens is 3. The zero-order valence-corrected chi connectivity index (χ0v) is 20.0. The standard InChI is InChI=1S/C27H23F3N2O2S/c1-17-14-23(19-6-4-3-5-7-19)24(15-25(17)27(28,29)30)26(33)32-20-8-10-22(11-9-20)34-13-12-21-16-35-18(2)31-21/h3-11,14-16H,12-13H2,1-2H3,(H,32,33). The van der Waals surface area contributed by atoms with Crippen LogP contribution in [0.5, 0.6) is 5.75 Å². The molecule has 0 saturated heterocycles. The highest BCUT2D eigenvalue weighted by Gasteiger charge is 2.34. The number of hydrogen-bond acceptors (Lipinski definition) is 4. The topological polar surface area (TPSA) is 51.2 Å². The molecule has 0 aliphatic rings. The summed E-state index contributed by atoms with van der Waals surface area (Å²) in [5.74, 6) is -0.00320. The van der Waals surface area contributed by atoms with Crippen LogP contribution in [0.25, 0.3) is 11.1 Å². The van der Waals surface area contributed by atoms with Crippen LogP contribution >= 0.6 is 11.3 Å². The van der Waals surface area contributed by atoms with Gasteiger partial charge in [0.05, 0.1) is 22.9 Å². The minimum absolute atomic E-state index is 0.0481. The van der Waals surface area contributed by atoms with Crippen molar-refractivity contribution in [1.82, 2.24) is 4.98 Å². The average molecular weight is 497 g/mol. The predicted octanol–water partition coefficient (Wildman–Crippen LogP) is 7.32. The van der Waals surface area contributed by atoms with E-state index in [0.29, 0.717) is 35.6 Å². The maximum atomic E-state index is 13.6. The Labute approximate surface area is 205 Å². The number of benzene rings is 3. The van der Waals surface area contributed by atoms with Gasteiger partial charge in [0.2, 0.25) is 0 Å². The molecule has 0 aliphatic carbocycles. The molecule has 1 aromatic heterocycles. The molecule has 0 aliphatic heterocycles. The van der Waals surface area contributed by atoms with Gasteiger partial charge in [-0.1, -0.05) is 36.4 Å². The summed E-state index contributed by atoms with van der Waals surface area (Å²) in [6.07, 6.45) is -3.88. The second-order valence-corrected chi connectivity index (χ2v) is 9.07. The number of nitrogens with zero attached hydrogens (tertiary/aromatic N) is 1. The summed E-state index contributed by atoms with van der Waals surface area (Å²) in [6, 6.07) is 17.9. The fourth-order valence-corrected chi connectivity index (χ4v) is 4.33. The number of alkyl halides is 3. The van der Waals surface area contributed by atoms with Crippen LogP contribution in [0.3, 0.4) is 0 Å². The van der Waals surface area contributed by atoms with Crippen molar-refractivity contribution >= 4 is 22.9 Å². The number of ether oxygens (including phenoxy) is 1. The van der Waals surface area contributed by atoms with Gasteiger partial charge in [0.15, 0.2) is 0 Å². The number of aryl methyl sites for hydroxylation is 2. The normalized spacial score (nSPS) is 11.3. The Morgan fingerprint density at radius 1 is 1.03 bits per heavy atom. The van der Waals surface area contributed by atoms with Crippen LogP contribution in [-0.4, -0.2) is 17.5 Å². The number of thiazole rings is 1. The second kappa shape index (κ2) is 10.3. The number of hydrogen-bond donors (Lipinski definition) is 1. The van der Waals surface area contributed by atoms with Gasteiger partial charge in [0.1, 0.15) is 5.75 Å². The lowest BCUT2D eigenvalue weighted by Gasteiger charge is -2.17. The van der Waals surface area contributed by atoms with Crippen LogP contribution < -0.4 is 10.1 Å². The number of aromatic nitrogens is 1. The Kier molecular flexibility index (Phi) is 7.21. The number of carbonyl (C=O) groups excluding carboxylic acids is 1. The van der Waals surface area contributed by atoms with Crippen molar-refractivity contribution in [2.45, 2.75) is 26.4 Å². The largest absolute Gasteiger partial charge is 0.493 e. The third-order valence-corrected chi connectivity index (χ3v) is 6.23. The van der Waals surface area contributed by atoms with E-state index in [9.17, 15) is 18.0 Å². The number of anilines is 1. The molecule has 1 heterocycles. The Morgan fingerprint density at radius 3 is 2.37 bits per heavy atom. The summed E-state index contributed by atoms with van der Waals surface area (Å²) in [7, 11) is 0. The van der Waals surface area contributed by atoms with Crippen LogP contribution in [-0.2, 0) is 12.6 Å². The summed E-state index contributed by atoms with van der Waals surface area (Å²) in [5.41, 5.74) is 1.70. The lowest BCUT2D eigenvalue weighted by atomic mass is 9.93. The molecule has 0 bridgehead atoms. The minimum Gasteiger partial charge on any atom is -0.493 e. The molecular weight excluding hydrogens is 473 g/mol. The van der Waals surface area contributed by atoms with E-state index in [2.05, 4.69) is 10.3 Å². The fraction of sp³-hybridized carbons (Fsp3) is 0.185. The first-order chi connectivity index (χ1) is 16.7. The summed E-state index contributed by atoms with van der Waals surface area (Å²) in [6.45, 7) is 3.80. The van der Waals surface area contributed by atoms with E-state index in [0.717, 1.165) is 16.8 Å². The van der Waals surface area contributed by atoms with E-state index in [1.165, 1.54) is 13.0 Å². The van der Waals surface area contributed by atoms with Crippen molar-refractivity contribution in [3.05, 3.63) is 99.5 Å². The Balaban J connectivity index is 1.51. The van der Waals surface area contributed by atoms with Gasteiger partial charge in [0.25, 0.3) is 5.91 Å². The van der Waals surface area contributed by atoms with Crippen LogP contribution in [0.4, 0.5) is 18.9 Å². The zero-order chi connectivity index (χ0) is 25.0. The third kappa shape index (κ3) is 6.08. The highest BCUT2D eigenvalue weighted by molar-refractivity contribution is 7.09. The molecule has 4 nitrogen and oxygen atoms in total. The van der Waals surface area contributed by atoms with Crippen LogP contribution in [0, 0.1) is 13.8 Å². The molecule has 180 valence electrons. The Bertz CT molecular complexity index is 1320. The lowest BCUT2D eigenvalue weighted by Crippen LogP contribution is -2.16. The zero-order valence-electron chi connectivity index (χ0n) is 19.1. The maximum absolute atomic E-state index is 13.6. The molecule has 0 radical (unpaired) electrons. The molecule has 35 heavy (non-hydrogen) atoms. The molecule has 0 saturated carbocycles. The fourth-order valence-electron chi connectivity index (χ4n) is 3.69. The van der Waals surface area contributed by atoms with Gasteiger partial charge in [-0.3, -0.25) is 4.79 Å². The molecule has 0 atom stereocenters. The van der Waals surface area contributed by atoms with Gasteiger partial charge in [-0.25, -0.2) is 4.98 Å². The van der Waals surface area contributed by atoms with Gasteiger partial charge in [-0.15, -0.1) is 11.3 Å². The van der Waals surface area contributed by atoms with E-state index in [-0.39, 0.29) is 11.1 Å².